The van der Waals surface area contributed by atoms with Gasteiger partial charge in [0.25, 0.3) is 15.9 Å². The van der Waals surface area contributed by atoms with Gasteiger partial charge in [-0.15, -0.1) is 0 Å². The summed E-state index contributed by atoms with van der Waals surface area (Å²) in [6, 6.07) is 22.5. The maximum Gasteiger partial charge on any atom is 0.288 e. The highest BCUT2D eigenvalue weighted by Crippen LogP contribution is 2.52. The van der Waals surface area contributed by atoms with Crippen molar-refractivity contribution < 1.29 is 17.9 Å². The molecule has 4 heterocycles. The van der Waals surface area contributed by atoms with Gasteiger partial charge >= 0.3 is 0 Å². The van der Waals surface area contributed by atoms with E-state index in [0.717, 1.165) is 9.99 Å². The SMILES string of the molecule is CCOc1ccccc1C1(N2CCN(c3ccncc3)CC2)C(=O)N(S(=O)(=O)c2ccccn2)c2ccc(C#N)cc21. The molecule has 1 unspecified atom stereocenters. The average Bonchev–Trinajstić information content (AvgIpc) is 3.30. The van der Waals surface area contributed by atoms with E-state index in [9.17, 15) is 13.7 Å². The van der Waals surface area contributed by atoms with Crippen LogP contribution in [0.5, 0.6) is 5.75 Å². The predicted molar refractivity (Wildman–Crippen MR) is 156 cm³/mol. The third kappa shape index (κ3) is 4.27. The Labute approximate surface area is 244 Å². The van der Waals surface area contributed by atoms with Crippen molar-refractivity contribution in [1.29, 1.82) is 5.26 Å². The number of nitriles is 1. The van der Waals surface area contributed by atoms with Crippen molar-refractivity contribution in [2.75, 3.05) is 42.0 Å². The molecule has 0 aliphatic carbocycles. The van der Waals surface area contributed by atoms with Gasteiger partial charge in [0.1, 0.15) is 5.75 Å². The molecule has 11 heteroatoms. The van der Waals surface area contributed by atoms with Crippen molar-refractivity contribution in [3.8, 4) is 11.8 Å². The van der Waals surface area contributed by atoms with Gasteiger partial charge in [0.2, 0.25) is 0 Å². The number of piperazine rings is 1. The number of carbonyl (C=O) groups is 1. The Morgan fingerprint density at radius 1 is 0.929 bits per heavy atom. The number of para-hydroxylation sites is 1. The summed E-state index contributed by atoms with van der Waals surface area (Å²) in [6.07, 6.45) is 4.85. The van der Waals surface area contributed by atoms with Gasteiger partial charge in [-0.2, -0.15) is 18.0 Å². The van der Waals surface area contributed by atoms with Gasteiger partial charge in [-0.1, -0.05) is 24.3 Å². The number of hydrogen-bond donors (Lipinski definition) is 0. The standard InChI is InChI=1S/C31H28N6O4S/c1-2-41-28-8-4-3-7-25(28)31(36-19-17-35(18-20-36)24-12-15-33-16-13-24)26-21-23(22-32)10-11-27(26)37(30(31)38)42(39,40)29-9-5-6-14-34-29/h3-16,21H,2,17-20H2,1H3. The molecule has 42 heavy (non-hydrogen) atoms. The molecule has 0 spiro atoms. The van der Waals surface area contributed by atoms with Crippen LogP contribution in [-0.2, 0) is 20.4 Å². The monoisotopic (exact) mass is 580 g/mol. The maximum atomic E-state index is 15.0. The van der Waals surface area contributed by atoms with Crippen LogP contribution < -0.4 is 13.9 Å². The fraction of sp³-hybridized carbons (Fsp3) is 0.226. The zero-order valence-corrected chi connectivity index (χ0v) is 23.7. The molecule has 6 rings (SSSR count). The number of benzene rings is 2. The summed E-state index contributed by atoms with van der Waals surface area (Å²) >= 11 is 0. The summed E-state index contributed by atoms with van der Waals surface area (Å²) in [7, 11) is -4.41. The van der Waals surface area contributed by atoms with Crippen LogP contribution in [0.4, 0.5) is 11.4 Å². The molecule has 1 amide bonds. The molecule has 2 aromatic carbocycles. The largest absolute Gasteiger partial charge is 0.493 e. The molecule has 1 fully saturated rings. The van der Waals surface area contributed by atoms with Crippen LogP contribution in [0.2, 0.25) is 0 Å². The highest BCUT2D eigenvalue weighted by Gasteiger charge is 2.60. The van der Waals surface area contributed by atoms with E-state index in [2.05, 4.69) is 20.9 Å². The van der Waals surface area contributed by atoms with Crippen LogP contribution in [0.3, 0.4) is 0 Å². The molecule has 212 valence electrons. The molecule has 10 nitrogen and oxygen atoms in total. The third-order valence-electron chi connectivity index (χ3n) is 7.73. The van der Waals surface area contributed by atoms with Crippen LogP contribution in [-0.4, -0.2) is 62.0 Å². The minimum atomic E-state index is -4.41. The quantitative estimate of drug-likeness (QED) is 0.323. The Bertz CT molecular complexity index is 1770. The number of ether oxygens (including phenoxy) is 1. The fourth-order valence-corrected chi connectivity index (χ4v) is 7.31. The highest BCUT2D eigenvalue weighted by atomic mass is 32.2. The fourth-order valence-electron chi connectivity index (χ4n) is 5.91. The van der Waals surface area contributed by atoms with Crippen molar-refractivity contribution >= 4 is 27.3 Å². The number of anilines is 2. The van der Waals surface area contributed by atoms with E-state index in [1.165, 1.54) is 24.4 Å². The van der Waals surface area contributed by atoms with Crippen molar-refractivity contribution in [3.63, 3.8) is 0 Å². The van der Waals surface area contributed by atoms with E-state index < -0.39 is 21.5 Å². The molecule has 2 aliphatic rings. The van der Waals surface area contributed by atoms with Crippen LogP contribution in [0.1, 0.15) is 23.6 Å². The molecule has 2 aliphatic heterocycles. The maximum absolute atomic E-state index is 15.0. The van der Waals surface area contributed by atoms with E-state index in [-0.39, 0.29) is 10.7 Å². The molecule has 0 saturated carbocycles. The van der Waals surface area contributed by atoms with Crippen molar-refractivity contribution in [1.82, 2.24) is 14.9 Å². The van der Waals surface area contributed by atoms with E-state index in [0.29, 0.717) is 55.2 Å². The molecule has 1 atom stereocenters. The Hall–Kier alpha value is -4.79. The second kappa shape index (κ2) is 10.9. The molecular weight excluding hydrogens is 552 g/mol. The summed E-state index contributed by atoms with van der Waals surface area (Å²) in [4.78, 5) is 27.4. The second-order valence-electron chi connectivity index (χ2n) is 9.91. The zero-order valence-electron chi connectivity index (χ0n) is 22.9. The first-order valence-electron chi connectivity index (χ1n) is 13.6. The van der Waals surface area contributed by atoms with Gasteiger partial charge in [-0.25, -0.2) is 4.98 Å². The molecule has 0 radical (unpaired) electrons. The van der Waals surface area contributed by atoms with Gasteiger partial charge in [0.15, 0.2) is 10.6 Å². The Balaban J connectivity index is 1.57. The van der Waals surface area contributed by atoms with E-state index in [1.807, 2.05) is 36.1 Å². The smallest absolute Gasteiger partial charge is 0.288 e. The lowest BCUT2D eigenvalue weighted by Crippen LogP contribution is -2.60. The van der Waals surface area contributed by atoms with Gasteiger partial charge in [-0.05, 0) is 55.5 Å². The summed E-state index contributed by atoms with van der Waals surface area (Å²) in [5, 5.41) is 9.62. The molecular formula is C31H28N6O4S. The summed E-state index contributed by atoms with van der Waals surface area (Å²) < 4.78 is 35.1. The number of rotatable bonds is 7. The average molecular weight is 581 g/mol. The van der Waals surface area contributed by atoms with Gasteiger partial charge in [-0.3, -0.25) is 14.7 Å². The Kier molecular flexibility index (Phi) is 7.10. The van der Waals surface area contributed by atoms with Crippen LogP contribution in [0.15, 0.2) is 96.4 Å². The minimum absolute atomic E-state index is 0.188. The topological polar surface area (TPSA) is 120 Å². The minimum Gasteiger partial charge on any atom is -0.493 e. The van der Waals surface area contributed by atoms with E-state index in [1.54, 1.807) is 42.7 Å². The summed E-state index contributed by atoms with van der Waals surface area (Å²) in [5.41, 5.74) is 0.859. The second-order valence-corrected chi connectivity index (χ2v) is 11.6. The van der Waals surface area contributed by atoms with Crippen LogP contribution in [0.25, 0.3) is 0 Å². The Morgan fingerprint density at radius 3 is 2.36 bits per heavy atom. The first-order chi connectivity index (χ1) is 20.4. The number of fused-ring (bicyclic) bond motifs is 1. The number of sulfonamides is 1. The van der Waals surface area contributed by atoms with Crippen molar-refractivity contribution in [2.24, 2.45) is 0 Å². The molecule has 4 aromatic rings. The lowest BCUT2D eigenvalue weighted by Gasteiger charge is -2.46. The number of hydrogen-bond acceptors (Lipinski definition) is 9. The summed E-state index contributed by atoms with van der Waals surface area (Å²) in [6.45, 7) is 4.22. The third-order valence-corrected chi connectivity index (χ3v) is 9.34. The molecule has 1 saturated heterocycles. The number of amides is 1. The lowest BCUT2D eigenvalue weighted by atomic mass is 9.80. The van der Waals surface area contributed by atoms with Gasteiger partial charge in [0, 0.05) is 61.6 Å². The highest BCUT2D eigenvalue weighted by molar-refractivity contribution is 7.93. The normalized spacial score (nSPS) is 18.9. The van der Waals surface area contributed by atoms with E-state index in [4.69, 9.17) is 4.74 Å². The van der Waals surface area contributed by atoms with Crippen molar-refractivity contribution in [2.45, 2.75) is 17.5 Å². The molecule has 0 bridgehead atoms. The Morgan fingerprint density at radius 2 is 1.67 bits per heavy atom. The summed E-state index contributed by atoms with van der Waals surface area (Å²) in [5.74, 6) is -0.196. The number of aromatic nitrogens is 2. The lowest BCUT2D eigenvalue weighted by molar-refractivity contribution is -0.127. The first kappa shape index (κ1) is 27.4. The zero-order chi connectivity index (χ0) is 29.3. The number of pyridine rings is 2. The molecule has 0 N–H and O–H groups in total. The van der Waals surface area contributed by atoms with Crippen LogP contribution >= 0.6 is 0 Å². The van der Waals surface area contributed by atoms with Gasteiger partial charge in [0.05, 0.1) is 23.9 Å². The number of nitrogens with zero attached hydrogens (tertiary/aromatic N) is 6. The predicted octanol–water partition coefficient (Wildman–Crippen LogP) is 3.55. The first-order valence-corrected chi connectivity index (χ1v) is 15.0. The number of carbonyl (C=O) groups excluding carboxylic acids is 1. The van der Waals surface area contributed by atoms with E-state index >= 15 is 4.79 Å². The van der Waals surface area contributed by atoms with Crippen molar-refractivity contribution in [3.05, 3.63) is 108 Å². The molecule has 2 aromatic heterocycles. The van der Waals surface area contributed by atoms with Crippen LogP contribution in [0, 0.1) is 11.3 Å². The van der Waals surface area contributed by atoms with Gasteiger partial charge < -0.3 is 9.64 Å².